The molecule has 1 aliphatic carbocycles. The molecule has 2 heteroatoms. The van der Waals surface area contributed by atoms with Gasteiger partial charge in [0.25, 0.3) is 0 Å². The zero-order valence-electron chi connectivity index (χ0n) is 18.6. The van der Waals surface area contributed by atoms with E-state index in [0.717, 1.165) is 6.42 Å². The monoisotopic (exact) mass is 349 g/mol. The molecule has 0 aromatic heterocycles. The number of piperidine rings is 1. The number of rotatable bonds is 3. The lowest BCUT2D eigenvalue weighted by Crippen LogP contribution is -2.64. The fourth-order valence-corrected chi connectivity index (χ4v) is 6.89. The summed E-state index contributed by atoms with van der Waals surface area (Å²) in [5, 5.41) is 0. The molecule has 2 aliphatic rings. The minimum Gasteiger partial charge on any atom is -0.298 e. The molecule has 2 nitrogen and oxygen atoms in total. The molecule has 0 aromatic rings. The first-order chi connectivity index (χ1) is 11.2. The van der Waals surface area contributed by atoms with E-state index in [0.29, 0.717) is 34.6 Å². The van der Waals surface area contributed by atoms with E-state index >= 15 is 0 Å². The molecule has 3 atom stereocenters. The van der Waals surface area contributed by atoms with E-state index in [2.05, 4.69) is 74.1 Å². The summed E-state index contributed by atoms with van der Waals surface area (Å²) in [5.74, 6) is 1.20. The maximum absolute atomic E-state index is 13.1. The van der Waals surface area contributed by atoms with Gasteiger partial charge in [-0.3, -0.25) is 9.69 Å². The Morgan fingerprint density at radius 2 is 1.52 bits per heavy atom. The summed E-state index contributed by atoms with van der Waals surface area (Å²) in [6, 6.07) is 1.04. The van der Waals surface area contributed by atoms with Gasteiger partial charge in [0.15, 0.2) is 5.78 Å². The fourth-order valence-electron chi connectivity index (χ4n) is 6.89. The van der Waals surface area contributed by atoms with Crippen LogP contribution in [0.5, 0.6) is 0 Å². The van der Waals surface area contributed by atoms with Gasteiger partial charge in [-0.05, 0) is 61.7 Å². The van der Waals surface area contributed by atoms with Gasteiger partial charge < -0.3 is 0 Å². The number of likely N-dealkylation sites (tertiary alicyclic amines) is 1. The molecule has 0 aromatic carbocycles. The molecule has 2 rings (SSSR count). The molecule has 1 aliphatic heterocycles. The smallest absolute Gasteiger partial charge is 0.152 e. The Labute approximate surface area is 157 Å². The largest absolute Gasteiger partial charge is 0.298 e. The molecule has 1 heterocycles. The molecular formula is C23H43NO. The molecule has 0 spiro atoms. The number of hydrogen-bond acceptors (Lipinski definition) is 2. The van der Waals surface area contributed by atoms with E-state index in [-0.39, 0.29) is 17.4 Å². The molecule has 0 amide bonds. The molecule has 1 saturated heterocycles. The Bertz CT molecular complexity index is 500. The van der Waals surface area contributed by atoms with Crippen molar-refractivity contribution in [2.75, 3.05) is 0 Å². The van der Waals surface area contributed by atoms with E-state index in [1.807, 2.05) is 0 Å². The van der Waals surface area contributed by atoms with Crippen LogP contribution in [0.25, 0.3) is 0 Å². The minimum atomic E-state index is 0.0910. The third kappa shape index (κ3) is 3.99. The Morgan fingerprint density at radius 3 is 2.00 bits per heavy atom. The molecule has 1 saturated carbocycles. The summed E-state index contributed by atoms with van der Waals surface area (Å²) in [6.07, 6.45) is 4.77. The van der Waals surface area contributed by atoms with E-state index in [9.17, 15) is 4.79 Å². The van der Waals surface area contributed by atoms with Crippen LogP contribution in [0.1, 0.15) is 94.9 Å². The third-order valence-electron chi connectivity index (χ3n) is 7.08. The normalized spacial score (nSPS) is 34.6. The van der Waals surface area contributed by atoms with Gasteiger partial charge in [0.1, 0.15) is 0 Å². The lowest BCUT2D eigenvalue weighted by Gasteiger charge is -2.59. The van der Waals surface area contributed by atoms with Crippen molar-refractivity contribution in [3.8, 4) is 0 Å². The second-order valence-corrected chi connectivity index (χ2v) is 11.7. The Hall–Kier alpha value is -0.370. The van der Waals surface area contributed by atoms with Crippen LogP contribution in [-0.2, 0) is 4.79 Å². The van der Waals surface area contributed by atoms with Crippen molar-refractivity contribution in [1.29, 1.82) is 0 Å². The highest BCUT2D eigenvalue weighted by Gasteiger charge is 2.56. The highest BCUT2D eigenvalue weighted by Crippen LogP contribution is 2.58. The van der Waals surface area contributed by atoms with Gasteiger partial charge in [0.05, 0.1) is 6.04 Å². The molecule has 2 unspecified atom stereocenters. The summed E-state index contributed by atoms with van der Waals surface area (Å²) in [6.45, 7) is 23.4. The lowest BCUT2D eigenvalue weighted by molar-refractivity contribution is -0.146. The van der Waals surface area contributed by atoms with Crippen molar-refractivity contribution in [3.63, 3.8) is 0 Å². The first-order valence-electron chi connectivity index (χ1n) is 10.5. The summed E-state index contributed by atoms with van der Waals surface area (Å²) < 4.78 is 0. The predicted octanol–water partition coefficient (Wildman–Crippen LogP) is 5.94. The molecule has 0 N–H and O–H groups in total. The van der Waals surface area contributed by atoms with Crippen LogP contribution in [0.2, 0.25) is 0 Å². The second-order valence-electron chi connectivity index (χ2n) is 11.7. The van der Waals surface area contributed by atoms with Crippen LogP contribution >= 0.6 is 0 Å². The van der Waals surface area contributed by atoms with E-state index < -0.39 is 0 Å². The van der Waals surface area contributed by atoms with Crippen molar-refractivity contribution in [3.05, 3.63) is 0 Å². The standard InChI is InChI=1S/C23H43NO/c1-15(2)19(25)18-13-22(7,8)20-17(24(18)16(3)4)11-12-21(5,6)14-23(20,9)10/h15-18,20H,11-14H2,1-10H3/t17?,18-,20?/m0/s1. The molecule has 0 bridgehead atoms. The number of fused-ring (bicyclic) bond motifs is 1. The summed E-state index contributed by atoms with van der Waals surface area (Å²) in [7, 11) is 0. The van der Waals surface area contributed by atoms with Gasteiger partial charge in [0.2, 0.25) is 0 Å². The molecular weight excluding hydrogens is 306 g/mol. The van der Waals surface area contributed by atoms with Crippen molar-refractivity contribution in [1.82, 2.24) is 4.90 Å². The highest BCUT2D eigenvalue weighted by atomic mass is 16.1. The van der Waals surface area contributed by atoms with Gasteiger partial charge in [-0.1, -0.05) is 55.4 Å². The SMILES string of the molecule is CC(C)C(=O)[C@@H]1CC(C)(C)C2C(CCC(C)(C)CC2(C)C)N1C(C)C. The van der Waals surface area contributed by atoms with Crippen LogP contribution in [0.4, 0.5) is 0 Å². The van der Waals surface area contributed by atoms with E-state index in [1.54, 1.807) is 0 Å². The fraction of sp³-hybridized carbons (Fsp3) is 0.957. The van der Waals surface area contributed by atoms with Gasteiger partial charge in [-0.25, -0.2) is 0 Å². The van der Waals surface area contributed by atoms with Crippen LogP contribution in [0.15, 0.2) is 0 Å². The van der Waals surface area contributed by atoms with Crippen LogP contribution in [0, 0.1) is 28.1 Å². The Morgan fingerprint density at radius 1 is 0.960 bits per heavy atom. The second kappa shape index (κ2) is 6.66. The quantitative estimate of drug-likeness (QED) is 0.628. The van der Waals surface area contributed by atoms with Crippen LogP contribution in [0.3, 0.4) is 0 Å². The molecule has 0 radical (unpaired) electrons. The van der Waals surface area contributed by atoms with Crippen LogP contribution < -0.4 is 0 Å². The van der Waals surface area contributed by atoms with Crippen LogP contribution in [-0.4, -0.2) is 28.8 Å². The number of Topliss-reactive ketones (excluding diaryl/α,β-unsaturated/α-hetero) is 1. The van der Waals surface area contributed by atoms with Crippen molar-refractivity contribution in [2.45, 2.75) is 113 Å². The van der Waals surface area contributed by atoms with E-state index in [4.69, 9.17) is 0 Å². The predicted molar refractivity (Wildman–Crippen MR) is 108 cm³/mol. The van der Waals surface area contributed by atoms with Crippen molar-refractivity contribution >= 4 is 5.78 Å². The topological polar surface area (TPSA) is 20.3 Å². The Balaban J connectivity index is 2.54. The number of nitrogens with zero attached hydrogens (tertiary/aromatic N) is 1. The van der Waals surface area contributed by atoms with Gasteiger partial charge in [-0.15, -0.1) is 0 Å². The van der Waals surface area contributed by atoms with Gasteiger partial charge in [-0.2, -0.15) is 0 Å². The lowest BCUT2D eigenvalue weighted by atomic mass is 9.55. The van der Waals surface area contributed by atoms with Crippen molar-refractivity contribution in [2.24, 2.45) is 28.1 Å². The Kier molecular flexibility index (Phi) is 5.58. The summed E-state index contributed by atoms with van der Waals surface area (Å²) in [5.41, 5.74) is 0.888. The molecule has 146 valence electrons. The molecule has 25 heavy (non-hydrogen) atoms. The number of hydrogen-bond donors (Lipinski definition) is 0. The zero-order valence-corrected chi connectivity index (χ0v) is 18.6. The first-order valence-corrected chi connectivity index (χ1v) is 10.5. The highest BCUT2D eigenvalue weighted by molar-refractivity contribution is 5.86. The van der Waals surface area contributed by atoms with Crippen molar-refractivity contribution < 1.29 is 4.79 Å². The average Bonchev–Trinajstić information content (AvgIpc) is 2.49. The number of carbonyl (C=O) groups is 1. The summed E-state index contributed by atoms with van der Waals surface area (Å²) >= 11 is 0. The number of ketones is 1. The first kappa shape index (κ1) is 20.9. The summed E-state index contributed by atoms with van der Waals surface area (Å²) in [4.78, 5) is 15.7. The molecule has 2 fully saturated rings. The van der Waals surface area contributed by atoms with Gasteiger partial charge >= 0.3 is 0 Å². The third-order valence-corrected chi connectivity index (χ3v) is 7.08. The number of carbonyl (C=O) groups excluding carboxylic acids is 1. The zero-order chi connectivity index (χ0) is 19.4. The minimum absolute atomic E-state index is 0.0910. The van der Waals surface area contributed by atoms with E-state index in [1.165, 1.54) is 19.3 Å². The van der Waals surface area contributed by atoms with Gasteiger partial charge in [0, 0.05) is 18.0 Å². The maximum Gasteiger partial charge on any atom is 0.152 e. The average molecular weight is 350 g/mol. The maximum atomic E-state index is 13.1.